The van der Waals surface area contributed by atoms with Gasteiger partial charge in [-0.1, -0.05) is 392 Å². The fourth-order valence-electron chi connectivity index (χ4n) is 4.00. The number of benzene rings is 8. The Labute approximate surface area is 568 Å². The van der Waals surface area contributed by atoms with Crippen molar-refractivity contribution in [1.82, 2.24) is 15.5 Å². The van der Waals surface area contributed by atoms with Gasteiger partial charge in [0, 0.05) is 55.9 Å². The van der Waals surface area contributed by atoms with Crippen LogP contribution in [0.15, 0.2) is 279 Å². The first kappa shape index (κ1) is 115. The molecule has 0 radical (unpaired) electrons. The molecule has 0 bridgehead atoms. The highest BCUT2D eigenvalue weighted by atomic mass is 16.5. The van der Waals surface area contributed by atoms with Gasteiger partial charge in [0.05, 0.1) is 18.2 Å². The smallest absolute Gasteiger partial charge is 0.302 e. The lowest BCUT2D eigenvalue weighted by Gasteiger charge is -2.02. The van der Waals surface area contributed by atoms with Gasteiger partial charge in [0.25, 0.3) is 11.8 Å². The average molecular weight is 1280 g/mol. The highest BCUT2D eigenvalue weighted by molar-refractivity contribution is 6.21. The maximum atomic E-state index is 11.3. The molecule has 0 fully saturated rings. The molecule has 2 N–H and O–H groups in total. The van der Waals surface area contributed by atoms with Gasteiger partial charge in [0.1, 0.15) is 0 Å². The number of fused-ring (bicyclic) bond motifs is 1. The van der Waals surface area contributed by atoms with E-state index in [1.54, 1.807) is 52.6 Å². The fraction of sp³-hybridized carbons (Fsp3) is 0.366. The minimum absolute atomic E-state index is 0.00463. The quantitative estimate of drug-likeness (QED) is 0.123. The van der Waals surface area contributed by atoms with Gasteiger partial charge in [-0.2, -0.15) is 0 Å². The van der Waals surface area contributed by atoms with Crippen LogP contribution in [0.25, 0.3) is 0 Å². The van der Waals surface area contributed by atoms with Gasteiger partial charge < -0.3 is 24.8 Å². The van der Waals surface area contributed by atoms with Crippen LogP contribution in [0.3, 0.4) is 0 Å². The van der Waals surface area contributed by atoms with Gasteiger partial charge in [-0.15, -0.1) is 0 Å². The Morgan fingerprint density at radius 2 is 0.424 bits per heavy atom. The Morgan fingerprint density at radius 1 is 0.326 bits per heavy atom. The predicted molar refractivity (Wildman–Crippen MR) is 413 cm³/mol. The Morgan fingerprint density at radius 3 is 0.489 bits per heavy atom. The van der Waals surface area contributed by atoms with Crippen LogP contribution < -0.4 is 10.6 Å². The molecule has 0 aliphatic carbocycles. The zero-order valence-corrected chi connectivity index (χ0v) is 63.6. The number of amides is 3. The summed E-state index contributed by atoms with van der Waals surface area (Å²) in [6, 6.07) is 90.8. The zero-order valence-electron chi connectivity index (χ0n) is 63.6. The van der Waals surface area contributed by atoms with Crippen molar-refractivity contribution in [2.24, 2.45) is 0 Å². The highest BCUT2D eigenvalue weighted by Crippen LogP contribution is 2.20. The number of methoxy groups -OCH3 is 3. The van der Waals surface area contributed by atoms with Crippen LogP contribution in [-0.4, -0.2) is 91.8 Å². The lowest BCUT2D eigenvalue weighted by atomic mass is 10.1. The molecule has 8 aromatic carbocycles. The monoisotopic (exact) mass is 1280 g/mol. The predicted octanol–water partition coefficient (Wildman–Crippen LogP) is 22.6. The molecular formula is C82H137N3O7. The standard InChI is InChI=1S/C9H7NO2.7C6H6.C3H7NO.C3H6O2.C3H8O.C2H7N.C2H6O.9C2H6/c1-10-8(11)6-4-2-3-5-7(6)9(10)12;7*1-2-4-6-5-3-1;1-3(5)4-2;1-3(4)5-2;1-3-4-2;2*1-3-2;9*1-2/h2-5H,1H3;7*1-6H;1-2H3,(H,4,5);1-2H3;3H2,1-2H3;3H,1-2H3;1-2H3;9*1-2H3. The molecule has 0 aromatic heterocycles. The lowest BCUT2D eigenvalue weighted by molar-refractivity contribution is -0.138. The molecule has 0 spiro atoms. The summed E-state index contributed by atoms with van der Waals surface area (Å²) in [5.74, 6) is -0.666. The first-order valence-corrected chi connectivity index (χ1v) is 32.6. The number of rotatable bonds is 1. The number of hydrogen-bond donors (Lipinski definition) is 2. The molecule has 0 atom stereocenters. The van der Waals surface area contributed by atoms with Gasteiger partial charge in [0.15, 0.2) is 0 Å². The van der Waals surface area contributed by atoms with Crippen LogP contribution in [0.2, 0.25) is 0 Å². The van der Waals surface area contributed by atoms with Crippen LogP contribution in [0.1, 0.15) is 166 Å². The summed E-state index contributed by atoms with van der Waals surface area (Å²) in [6.45, 7) is 41.6. The minimum atomic E-state index is -0.245. The van der Waals surface area contributed by atoms with E-state index >= 15 is 0 Å². The van der Waals surface area contributed by atoms with E-state index in [2.05, 4.69) is 24.8 Å². The van der Waals surface area contributed by atoms with Crippen molar-refractivity contribution < 1.29 is 33.4 Å². The highest BCUT2D eigenvalue weighted by Gasteiger charge is 2.31. The van der Waals surface area contributed by atoms with E-state index in [4.69, 9.17) is 0 Å². The van der Waals surface area contributed by atoms with E-state index in [0.29, 0.717) is 11.1 Å². The third-order valence-corrected chi connectivity index (χ3v) is 7.59. The van der Waals surface area contributed by atoms with Crippen molar-refractivity contribution in [3.05, 3.63) is 290 Å². The third kappa shape index (κ3) is 123. The summed E-state index contributed by atoms with van der Waals surface area (Å²) in [7, 11) is 13.1. The van der Waals surface area contributed by atoms with Crippen molar-refractivity contribution in [3.63, 3.8) is 0 Å². The first-order valence-electron chi connectivity index (χ1n) is 32.6. The fourth-order valence-corrected chi connectivity index (χ4v) is 4.00. The Bertz CT molecular complexity index is 1720. The number of imide groups is 1. The summed E-state index contributed by atoms with van der Waals surface area (Å²) >= 11 is 0. The van der Waals surface area contributed by atoms with E-state index in [-0.39, 0.29) is 23.7 Å². The van der Waals surface area contributed by atoms with E-state index in [1.165, 1.54) is 28.0 Å². The van der Waals surface area contributed by atoms with Crippen LogP contribution in [0, 0.1) is 0 Å². The molecule has 1 heterocycles. The summed E-state index contributed by atoms with van der Waals surface area (Å²) in [5.41, 5.74) is 1.01. The van der Waals surface area contributed by atoms with Crippen LogP contribution >= 0.6 is 0 Å². The molecule has 92 heavy (non-hydrogen) atoms. The second kappa shape index (κ2) is 132. The number of ether oxygens (including phenoxy) is 3. The van der Waals surface area contributed by atoms with Crippen molar-refractivity contribution in [2.45, 2.75) is 145 Å². The average Bonchev–Trinajstić information content (AvgIpc) is 1.69. The maximum absolute atomic E-state index is 11.3. The summed E-state index contributed by atoms with van der Waals surface area (Å²) < 4.78 is 12.9. The van der Waals surface area contributed by atoms with Gasteiger partial charge in [-0.3, -0.25) is 24.1 Å². The molecule has 1 aliphatic heterocycles. The third-order valence-electron chi connectivity index (χ3n) is 7.59. The van der Waals surface area contributed by atoms with E-state index in [0.717, 1.165) is 11.5 Å². The Balaban J connectivity index is -0.0000000662. The Hall–Kier alpha value is -8.28. The van der Waals surface area contributed by atoms with Crippen molar-refractivity contribution in [2.75, 3.05) is 63.2 Å². The largest absolute Gasteiger partial charge is 0.469 e. The molecular weight excluding hydrogens is 1140 g/mol. The van der Waals surface area contributed by atoms with E-state index < -0.39 is 0 Å². The van der Waals surface area contributed by atoms with E-state index in [1.807, 2.05) is 400 Å². The Kier molecular flexibility index (Phi) is 164. The number of hydrogen-bond acceptors (Lipinski definition) is 8. The topological polar surface area (TPSA) is 123 Å². The summed E-state index contributed by atoms with van der Waals surface area (Å²) in [5, 5.41) is 5.14. The molecule has 10 heteroatoms. The van der Waals surface area contributed by atoms with Gasteiger partial charge in [-0.05, 0) is 33.2 Å². The van der Waals surface area contributed by atoms with Crippen LogP contribution in [0.4, 0.5) is 0 Å². The molecule has 9 rings (SSSR count). The van der Waals surface area contributed by atoms with Crippen LogP contribution in [0.5, 0.6) is 0 Å². The SMILES string of the molecule is CC.CC.CC.CC.CC.CC.CC.CC.CC.CCOC.CN1C(=O)c2ccccc2C1=O.CNC.CNC(C)=O.COC.COC(C)=O.c1ccccc1.c1ccccc1.c1ccccc1.c1ccccc1.c1ccccc1.c1ccccc1.c1ccccc1. The normalized spacial score (nSPS) is 7.68. The molecule has 0 unspecified atom stereocenters. The van der Waals surface area contributed by atoms with Gasteiger partial charge in [0.2, 0.25) is 5.91 Å². The molecule has 0 saturated heterocycles. The number of carbonyl (C=O) groups is 4. The minimum Gasteiger partial charge on any atom is -0.469 e. The summed E-state index contributed by atoms with van der Waals surface area (Å²) in [4.78, 5) is 43.0. The van der Waals surface area contributed by atoms with Gasteiger partial charge in [-0.25, -0.2) is 0 Å². The molecule has 8 aromatic rings. The van der Waals surface area contributed by atoms with E-state index in [9.17, 15) is 19.2 Å². The molecule has 522 valence electrons. The molecule has 3 amide bonds. The van der Waals surface area contributed by atoms with Crippen LogP contribution in [-0.2, 0) is 23.8 Å². The zero-order chi connectivity index (χ0) is 73.8. The number of nitrogens with one attached hydrogen (secondary N) is 2. The summed E-state index contributed by atoms with van der Waals surface area (Å²) in [6.07, 6.45) is 0. The van der Waals surface area contributed by atoms with Gasteiger partial charge >= 0.3 is 5.97 Å². The number of carbonyl (C=O) groups excluding carboxylic acids is 4. The second-order valence-electron chi connectivity index (χ2n) is 13.8. The second-order valence-corrected chi connectivity index (χ2v) is 13.8. The number of esters is 1. The maximum Gasteiger partial charge on any atom is 0.302 e. The first-order chi connectivity index (χ1) is 45.0. The molecule has 10 nitrogen and oxygen atoms in total. The van der Waals surface area contributed by atoms with Crippen molar-refractivity contribution >= 4 is 23.7 Å². The molecule has 0 saturated carbocycles. The van der Waals surface area contributed by atoms with Crippen molar-refractivity contribution in [3.8, 4) is 0 Å². The molecule has 1 aliphatic rings. The lowest BCUT2D eigenvalue weighted by Crippen LogP contribution is -2.24. The number of nitrogens with zero attached hydrogens (tertiary/aromatic N) is 1. The van der Waals surface area contributed by atoms with Crippen molar-refractivity contribution in [1.29, 1.82) is 0 Å².